The van der Waals surface area contributed by atoms with E-state index in [1.807, 2.05) is 6.07 Å². The van der Waals surface area contributed by atoms with Crippen LogP contribution in [0.25, 0.3) is 0 Å². The van der Waals surface area contributed by atoms with Crippen LogP contribution in [0, 0.1) is 5.82 Å². The molecule has 92 valence electrons. The van der Waals surface area contributed by atoms with E-state index >= 15 is 0 Å². The monoisotopic (exact) mass is 347 g/mol. The molecule has 17 heavy (non-hydrogen) atoms. The van der Waals surface area contributed by atoms with E-state index in [1.54, 1.807) is 23.0 Å². The molecule has 1 atom stereocenters. The van der Waals surface area contributed by atoms with Crippen LogP contribution in [0.15, 0.2) is 12.1 Å². The predicted molar refractivity (Wildman–Crippen MR) is 72.8 cm³/mol. The molecule has 0 N–H and O–H groups in total. The van der Waals surface area contributed by atoms with Crippen LogP contribution < -0.4 is 3.07 Å². The molecule has 1 saturated heterocycles. The predicted octanol–water partition coefficient (Wildman–Crippen LogP) is 3.47. The lowest BCUT2D eigenvalue weighted by atomic mass is 9.88. The molecular formula is C13H15FINO. The third kappa shape index (κ3) is 2.17. The zero-order chi connectivity index (χ0) is 11.8. The standard InChI is InChI=1S/C13H15FINO/c14-13-7-11(17-15)6-9-5-10-3-1-2-4-16(10)8-12(9)13/h6-7,10H,1-5,8H2. The Labute approximate surface area is 115 Å². The van der Waals surface area contributed by atoms with Crippen molar-refractivity contribution in [1.29, 1.82) is 0 Å². The average Bonchev–Trinajstić information content (AvgIpc) is 2.36. The number of halogens is 2. The summed E-state index contributed by atoms with van der Waals surface area (Å²) in [5, 5.41) is 0. The molecule has 1 aromatic rings. The molecule has 0 bridgehead atoms. The molecule has 2 aliphatic heterocycles. The Balaban J connectivity index is 1.96. The molecule has 2 nitrogen and oxygen atoms in total. The van der Waals surface area contributed by atoms with Crippen LogP contribution in [0.2, 0.25) is 0 Å². The highest BCUT2D eigenvalue weighted by Gasteiger charge is 2.30. The van der Waals surface area contributed by atoms with Crippen molar-refractivity contribution in [2.24, 2.45) is 0 Å². The van der Waals surface area contributed by atoms with Crippen molar-refractivity contribution in [3.05, 3.63) is 29.1 Å². The summed E-state index contributed by atoms with van der Waals surface area (Å²) in [5.74, 6) is 0.518. The first-order valence-electron chi connectivity index (χ1n) is 6.12. The van der Waals surface area contributed by atoms with Crippen molar-refractivity contribution in [2.45, 2.75) is 38.3 Å². The summed E-state index contributed by atoms with van der Waals surface area (Å²) >= 11 is 1.80. The van der Waals surface area contributed by atoms with Crippen LogP contribution in [-0.4, -0.2) is 17.5 Å². The highest BCUT2D eigenvalue weighted by Crippen LogP contribution is 2.33. The molecule has 4 heteroatoms. The van der Waals surface area contributed by atoms with Crippen molar-refractivity contribution < 1.29 is 7.46 Å². The minimum Gasteiger partial charge on any atom is -0.428 e. The summed E-state index contributed by atoms with van der Waals surface area (Å²) in [6.45, 7) is 1.89. The third-order valence-corrected chi connectivity index (χ3v) is 4.42. The van der Waals surface area contributed by atoms with Gasteiger partial charge in [0, 0.05) is 24.2 Å². The van der Waals surface area contributed by atoms with Gasteiger partial charge in [-0.15, -0.1) is 0 Å². The van der Waals surface area contributed by atoms with E-state index in [9.17, 15) is 4.39 Å². The zero-order valence-electron chi connectivity index (χ0n) is 9.59. The SMILES string of the molecule is Fc1cc(OI)cc2c1CN1CCCCC1C2. The Bertz CT molecular complexity index is 438. The first kappa shape index (κ1) is 11.7. The minimum absolute atomic E-state index is 0.113. The minimum atomic E-state index is -0.113. The second kappa shape index (κ2) is 4.72. The maximum atomic E-state index is 14.0. The van der Waals surface area contributed by atoms with Gasteiger partial charge in [0.1, 0.15) is 11.6 Å². The number of hydrogen-bond acceptors (Lipinski definition) is 2. The molecule has 0 aromatic heterocycles. The van der Waals surface area contributed by atoms with Crippen LogP contribution in [0.5, 0.6) is 5.75 Å². The summed E-state index contributed by atoms with van der Waals surface area (Å²) in [4.78, 5) is 2.43. The molecule has 0 saturated carbocycles. The lowest BCUT2D eigenvalue weighted by Gasteiger charge is -2.40. The Morgan fingerprint density at radius 1 is 1.35 bits per heavy atom. The van der Waals surface area contributed by atoms with Crippen molar-refractivity contribution in [3.63, 3.8) is 0 Å². The number of hydrogen-bond donors (Lipinski definition) is 0. The van der Waals surface area contributed by atoms with Crippen molar-refractivity contribution >= 4 is 23.0 Å². The number of fused-ring (bicyclic) bond motifs is 2. The Morgan fingerprint density at radius 2 is 2.24 bits per heavy atom. The molecule has 2 heterocycles. The summed E-state index contributed by atoms with van der Waals surface area (Å²) < 4.78 is 19.1. The van der Waals surface area contributed by atoms with E-state index in [1.165, 1.54) is 25.3 Å². The summed E-state index contributed by atoms with van der Waals surface area (Å²) in [6, 6.07) is 4.10. The fourth-order valence-corrected chi connectivity index (χ4v) is 3.28. The average molecular weight is 347 g/mol. The Kier molecular flexibility index (Phi) is 3.25. The first-order valence-corrected chi connectivity index (χ1v) is 7.00. The maximum Gasteiger partial charge on any atom is 0.192 e. The van der Waals surface area contributed by atoms with Crippen LogP contribution >= 0.6 is 23.0 Å². The van der Waals surface area contributed by atoms with E-state index < -0.39 is 0 Å². The van der Waals surface area contributed by atoms with Gasteiger partial charge in [-0.3, -0.25) is 4.90 Å². The fraction of sp³-hybridized carbons (Fsp3) is 0.538. The van der Waals surface area contributed by atoms with E-state index in [-0.39, 0.29) is 5.82 Å². The summed E-state index contributed by atoms with van der Waals surface area (Å²) in [7, 11) is 0. The van der Waals surface area contributed by atoms with Gasteiger partial charge in [0.15, 0.2) is 23.0 Å². The highest BCUT2D eigenvalue weighted by atomic mass is 127. The van der Waals surface area contributed by atoms with Gasteiger partial charge in [-0.05, 0) is 37.4 Å². The van der Waals surface area contributed by atoms with Crippen LogP contribution in [0.3, 0.4) is 0 Å². The van der Waals surface area contributed by atoms with Gasteiger partial charge in [0.2, 0.25) is 0 Å². The van der Waals surface area contributed by atoms with E-state index in [4.69, 9.17) is 3.07 Å². The molecule has 3 rings (SSSR count). The van der Waals surface area contributed by atoms with E-state index in [0.29, 0.717) is 11.8 Å². The lowest BCUT2D eigenvalue weighted by molar-refractivity contribution is 0.125. The third-order valence-electron chi connectivity index (χ3n) is 3.92. The number of rotatable bonds is 1. The maximum absolute atomic E-state index is 14.0. The molecule has 0 aliphatic carbocycles. The van der Waals surface area contributed by atoms with E-state index in [2.05, 4.69) is 4.90 Å². The van der Waals surface area contributed by atoms with Gasteiger partial charge in [-0.1, -0.05) is 6.42 Å². The second-order valence-electron chi connectivity index (χ2n) is 4.94. The number of piperidine rings is 1. The smallest absolute Gasteiger partial charge is 0.192 e. The molecule has 0 spiro atoms. The normalized spacial score (nSPS) is 24.0. The second-order valence-corrected chi connectivity index (χ2v) is 5.38. The quantitative estimate of drug-likeness (QED) is 0.722. The Morgan fingerprint density at radius 3 is 3.06 bits per heavy atom. The van der Waals surface area contributed by atoms with Gasteiger partial charge in [-0.2, -0.15) is 0 Å². The van der Waals surface area contributed by atoms with Crippen molar-refractivity contribution in [2.75, 3.05) is 6.54 Å². The molecule has 1 unspecified atom stereocenters. The van der Waals surface area contributed by atoms with Gasteiger partial charge in [-0.25, -0.2) is 4.39 Å². The fourth-order valence-electron chi connectivity index (χ4n) is 3.03. The molecular weight excluding hydrogens is 332 g/mol. The van der Waals surface area contributed by atoms with Gasteiger partial charge in [0.25, 0.3) is 0 Å². The Hall–Kier alpha value is -0.360. The first-order chi connectivity index (χ1) is 8.28. The number of benzene rings is 1. The lowest BCUT2D eigenvalue weighted by Crippen LogP contribution is -2.43. The van der Waals surface area contributed by atoms with Gasteiger partial charge >= 0.3 is 0 Å². The molecule has 1 fully saturated rings. The molecule has 0 amide bonds. The molecule has 1 aromatic carbocycles. The summed E-state index contributed by atoms with van der Waals surface area (Å²) in [5.41, 5.74) is 2.01. The zero-order valence-corrected chi connectivity index (χ0v) is 11.7. The largest absolute Gasteiger partial charge is 0.428 e. The topological polar surface area (TPSA) is 12.5 Å². The highest BCUT2D eigenvalue weighted by molar-refractivity contribution is 14.1. The summed E-state index contributed by atoms with van der Waals surface area (Å²) in [6.07, 6.45) is 4.78. The van der Waals surface area contributed by atoms with Gasteiger partial charge < -0.3 is 3.07 Å². The van der Waals surface area contributed by atoms with Gasteiger partial charge in [0.05, 0.1) is 0 Å². The molecule has 0 radical (unpaired) electrons. The van der Waals surface area contributed by atoms with Crippen molar-refractivity contribution in [3.8, 4) is 5.75 Å². The van der Waals surface area contributed by atoms with Crippen LogP contribution in [0.4, 0.5) is 4.39 Å². The van der Waals surface area contributed by atoms with Crippen molar-refractivity contribution in [1.82, 2.24) is 4.90 Å². The number of nitrogens with zero attached hydrogens (tertiary/aromatic N) is 1. The van der Waals surface area contributed by atoms with E-state index in [0.717, 1.165) is 30.6 Å². The molecule has 2 aliphatic rings. The van der Waals surface area contributed by atoms with Crippen LogP contribution in [-0.2, 0) is 13.0 Å². The van der Waals surface area contributed by atoms with Crippen LogP contribution in [0.1, 0.15) is 30.4 Å².